The van der Waals surface area contributed by atoms with Gasteiger partial charge in [-0.2, -0.15) is 0 Å². The van der Waals surface area contributed by atoms with Gasteiger partial charge in [-0.3, -0.25) is 0 Å². The Morgan fingerprint density at radius 1 is 0.737 bits per heavy atom. The number of rotatable bonds is 8. The molecule has 0 aromatic rings. The van der Waals surface area contributed by atoms with Crippen LogP contribution in [0.3, 0.4) is 0 Å². The van der Waals surface area contributed by atoms with Gasteiger partial charge in [0.2, 0.25) is 0 Å². The second-order valence-electron chi connectivity index (χ2n) is 8.14. The largest absolute Gasteiger partial charge is 0.325 e. The van der Waals surface area contributed by atoms with Gasteiger partial charge in [-0.1, -0.05) is 41.0 Å². The van der Waals surface area contributed by atoms with Crippen molar-refractivity contribution >= 4 is 0 Å². The molecule has 0 radical (unpaired) electrons. The quantitative estimate of drug-likeness (QED) is 0.684. The van der Waals surface area contributed by atoms with Crippen LogP contribution in [-0.2, 0) is 0 Å². The summed E-state index contributed by atoms with van der Waals surface area (Å²) in [4.78, 5) is 0. The fourth-order valence-electron chi connectivity index (χ4n) is 2.58. The predicted octanol–water partition coefficient (Wildman–Crippen LogP) is 4.46. The molecule has 0 aromatic heterocycles. The van der Waals surface area contributed by atoms with Crippen molar-refractivity contribution in [3.63, 3.8) is 0 Å². The predicted molar refractivity (Wildman–Crippen MR) is 87.2 cm³/mol. The lowest BCUT2D eigenvalue weighted by Crippen LogP contribution is -2.52. The molecule has 0 aliphatic carbocycles. The van der Waals surface area contributed by atoms with Crippen LogP contribution in [0.4, 0.5) is 0 Å². The van der Waals surface area contributed by atoms with E-state index in [0.29, 0.717) is 0 Å². The summed E-state index contributed by atoms with van der Waals surface area (Å²) in [6.07, 6.45) is 5.64. The Kier molecular flexibility index (Phi) is 6.11. The summed E-state index contributed by atoms with van der Waals surface area (Å²) >= 11 is 0. The second-order valence-corrected chi connectivity index (χ2v) is 8.14. The van der Waals surface area contributed by atoms with E-state index < -0.39 is 0 Å². The van der Waals surface area contributed by atoms with Crippen molar-refractivity contribution < 1.29 is 0 Å². The van der Waals surface area contributed by atoms with Gasteiger partial charge in [0, 0.05) is 11.1 Å². The monoisotopic (exact) mass is 270 g/mol. The molecule has 1 unspecified atom stereocenters. The van der Waals surface area contributed by atoms with E-state index in [1.807, 2.05) is 0 Å². The fraction of sp³-hybridized carbons (Fsp3) is 1.00. The zero-order valence-electron chi connectivity index (χ0n) is 14.7. The van der Waals surface area contributed by atoms with Crippen molar-refractivity contribution in [1.82, 2.24) is 0 Å². The average molecular weight is 271 g/mol. The molecule has 1 atom stereocenters. The van der Waals surface area contributed by atoms with Crippen molar-refractivity contribution in [2.45, 2.75) is 98.6 Å². The second kappa shape index (κ2) is 6.13. The third kappa shape index (κ3) is 4.46. The molecule has 0 fully saturated rings. The van der Waals surface area contributed by atoms with E-state index in [4.69, 9.17) is 11.5 Å². The molecular formula is C17H38N2. The first-order chi connectivity index (χ1) is 8.33. The van der Waals surface area contributed by atoms with Gasteiger partial charge in [-0.15, -0.1) is 0 Å². The van der Waals surface area contributed by atoms with Gasteiger partial charge in [0.25, 0.3) is 0 Å². The smallest absolute Gasteiger partial charge is 0.0179 e. The van der Waals surface area contributed by atoms with E-state index in [-0.39, 0.29) is 21.9 Å². The number of hydrogen-bond donors (Lipinski definition) is 2. The third-order valence-corrected chi connectivity index (χ3v) is 6.18. The third-order valence-electron chi connectivity index (χ3n) is 6.18. The molecule has 0 amide bonds. The van der Waals surface area contributed by atoms with Gasteiger partial charge in [0.05, 0.1) is 0 Å². The maximum atomic E-state index is 6.62. The molecule has 0 saturated carbocycles. The maximum Gasteiger partial charge on any atom is 0.0179 e. The SMILES string of the molecule is CCC(C)(CC)C(C)(N)CCCC(C)(C)C(C)(C)N. The lowest BCUT2D eigenvalue weighted by Gasteiger charge is -2.45. The van der Waals surface area contributed by atoms with Gasteiger partial charge in [-0.05, 0) is 57.3 Å². The zero-order valence-corrected chi connectivity index (χ0v) is 14.7. The van der Waals surface area contributed by atoms with Crippen molar-refractivity contribution in [1.29, 1.82) is 0 Å². The van der Waals surface area contributed by atoms with Crippen molar-refractivity contribution in [2.75, 3.05) is 0 Å². The van der Waals surface area contributed by atoms with Crippen molar-refractivity contribution in [3.05, 3.63) is 0 Å². The molecule has 0 heterocycles. The summed E-state index contributed by atoms with van der Waals surface area (Å²) in [7, 11) is 0. The Labute approximate surface area is 121 Å². The summed E-state index contributed by atoms with van der Waals surface area (Å²) in [6.45, 7) is 17.8. The minimum atomic E-state index is -0.142. The summed E-state index contributed by atoms with van der Waals surface area (Å²) < 4.78 is 0. The molecule has 0 saturated heterocycles. The minimum absolute atomic E-state index is 0.0919. The molecule has 0 aromatic carbocycles. The van der Waals surface area contributed by atoms with Crippen LogP contribution in [0.1, 0.15) is 87.5 Å². The molecule has 0 rings (SSSR count). The molecule has 0 aliphatic rings. The molecule has 2 nitrogen and oxygen atoms in total. The summed E-state index contributed by atoms with van der Waals surface area (Å²) in [5.74, 6) is 0. The number of hydrogen-bond acceptors (Lipinski definition) is 2. The normalized spacial score (nSPS) is 17.4. The van der Waals surface area contributed by atoms with E-state index >= 15 is 0 Å². The standard InChI is InChI=1S/C17H38N2/c1-9-16(7,10-2)17(8,19)13-11-12-14(3,4)15(5,6)18/h9-13,18-19H2,1-8H3. The van der Waals surface area contributed by atoms with Crippen LogP contribution in [0.2, 0.25) is 0 Å². The lowest BCUT2D eigenvalue weighted by molar-refractivity contribution is 0.116. The molecule has 2 heteroatoms. The molecule has 0 bridgehead atoms. The Morgan fingerprint density at radius 2 is 1.16 bits per heavy atom. The van der Waals surface area contributed by atoms with E-state index in [2.05, 4.69) is 55.4 Å². The van der Waals surface area contributed by atoms with E-state index in [9.17, 15) is 0 Å². The fourth-order valence-corrected chi connectivity index (χ4v) is 2.58. The van der Waals surface area contributed by atoms with Crippen molar-refractivity contribution in [2.24, 2.45) is 22.3 Å². The first kappa shape index (κ1) is 18.9. The van der Waals surface area contributed by atoms with Gasteiger partial charge < -0.3 is 11.5 Å². The lowest BCUT2D eigenvalue weighted by atomic mass is 9.65. The highest BCUT2D eigenvalue weighted by atomic mass is 14.8. The highest BCUT2D eigenvalue weighted by Gasteiger charge is 2.39. The van der Waals surface area contributed by atoms with Crippen LogP contribution < -0.4 is 11.5 Å². The maximum absolute atomic E-state index is 6.62. The van der Waals surface area contributed by atoms with E-state index in [0.717, 1.165) is 32.1 Å². The molecule has 19 heavy (non-hydrogen) atoms. The van der Waals surface area contributed by atoms with Gasteiger partial charge in [0.15, 0.2) is 0 Å². The average Bonchev–Trinajstić information content (AvgIpc) is 2.25. The number of nitrogens with two attached hydrogens (primary N) is 2. The van der Waals surface area contributed by atoms with Crippen LogP contribution in [0.25, 0.3) is 0 Å². The summed E-state index contributed by atoms with van der Waals surface area (Å²) in [5, 5.41) is 0. The van der Waals surface area contributed by atoms with Gasteiger partial charge in [0.1, 0.15) is 0 Å². The molecule has 0 spiro atoms. The Bertz CT molecular complexity index is 267. The highest BCUT2D eigenvalue weighted by Crippen LogP contribution is 2.41. The van der Waals surface area contributed by atoms with Crippen LogP contribution in [0.15, 0.2) is 0 Å². The van der Waals surface area contributed by atoms with Crippen LogP contribution in [0, 0.1) is 10.8 Å². The molecule has 4 N–H and O–H groups in total. The summed E-state index contributed by atoms with van der Waals surface area (Å²) in [5.41, 5.74) is 13.0. The van der Waals surface area contributed by atoms with E-state index in [1.54, 1.807) is 0 Å². The van der Waals surface area contributed by atoms with E-state index in [1.165, 1.54) is 0 Å². The van der Waals surface area contributed by atoms with Crippen LogP contribution >= 0.6 is 0 Å². The van der Waals surface area contributed by atoms with Crippen LogP contribution in [0.5, 0.6) is 0 Å². The van der Waals surface area contributed by atoms with Gasteiger partial charge in [-0.25, -0.2) is 0 Å². The summed E-state index contributed by atoms with van der Waals surface area (Å²) in [6, 6.07) is 0. The first-order valence-electron chi connectivity index (χ1n) is 7.91. The first-order valence-corrected chi connectivity index (χ1v) is 7.91. The Morgan fingerprint density at radius 3 is 1.47 bits per heavy atom. The Hall–Kier alpha value is -0.0800. The highest BCUT2D eigenvalue weighted by molar-refractivity contribution is 4.96. The Balaban J connectivity index is 4.58. The zero-order chi connectivity index (χ0) is 15.5. The van der Waals surface area contributed by atoms with Crippen LogP contribution in [-0.4, -0.2) is 11.1 Å². The topological polar surface area (TPSA) is 52.0 Å². The molecule has 0 aliphatic heterocycles. The molecular weight excluding hydrogens is 232 g/mol. The van der Waals surface area contributed by atoms with Crippen molar-refractivity contribution in [3.8, 4) is 0 Å². The molecule has 116 valence electrons. The minimum Gasteiger partial charge on any atom is -0.325 e. The van der Waals surface area contributed by atoms with Gasteiger partial charge >= 0.3 is 0 Å².